The number of carbonyl (C=O) groups is 1. The first-order chi connectivity index (χ1) is 4.38. The lowest BCUT2D eigenvalue weighted by atomic mass is 10.3. The van der Waals surface area contributed by atoms with Gasteiger partial charge in [-0.1, -0.05) is 0 Å². The van der Waals surface area contributed by atoms with Crippen molar-refractivity contribution in [2.45, 2.75) is 6.61 Å². The van der Waals surface area contributed by atoms with Crippen molar-refractivity contribution in [1.82, 2.24) is 0 Å². The molecule has 1 radical (unpaired) electrons. The maximum atomic E-state index is 10.2. The molecule has 1 rings (SSSR count). The molecular formula is C6H5O3. The van der Waals surface area contributed by atoms with Gasteiger partial charge in [-0.2, -0.15) is 0 Å². The van der Waals surface area contributed by atoms with Crippen molar-refractivity contribution < 1.29 is 14.3 Å². The molecule has 3 nitrogen and oxygen atoms in total. The Morgan fingerprint density at radius 2 is 2.44 bits per heavy atom. The zero-order valence-electron chi connectivity index (χ0n) is 4.66. The third-order valence-corrected chi connectivity index (χ3v) is 1.04. The van der Waals surface area contributed by atoms with Gasteiger partial charge in [-0.05, 0) is 6.07 Å². The number of carbonyl (C=O) groups excluding carboxylic acids is 1. The zero-order chi connectivity index (χ0) is 6.69. The van der Waals surface area contributed by atoms with Crippen LogP contribution in [0.15, 0.2) is 16.7 Å². The molecule has 0 atom stereocenters. The van der Waals surface area contributed by atoms with E-state index in [2.05, 4.69) is 4.42 Å². The molecule has 9 heavy (non-hydrogen) atoms. The highest BCUT2D eigenvalue weighted by atomic mass is 16.3. The monoisotopic (exact) mass is 125 g/mol. The second kappa shape index (κ2) is 2.46. The van der Waals surface area contributed by atoms with Crippen LogP contribution < -0.4 is 0 Å². The molecule has 0 amide bonds. The first-order valence-corrected chi connectivity index (χ1v) is 2.48. The van der Waals surface area contributed by atoms with E-state index in [-0.39, 0.29) is 5.76 Å². The third kappa shape index (κ3) is 1.000. The summed E-state index contributed by atoms with van der Waals surface area (Å²) in [4.78, 5) is 10.0. The van der Waals surface area contributed by atoms with Crippen molar-refractivity contribution in [3.63, 3.8) is 0 Å². The molecule has 0 unspecified atom stereocenters. The largest absolute Gasteiger partial charge is 0.461 e. The zero-order valence-corrected chi connectivity index (χ0v) is 4.66. The van der Waals surface area contributed by atoms with Gasteiger partial charge in [0, 0.05) is 5.56 Å². The fourth-order valence-corrected chi connectivity index (χ4v) is 0.570. The lowest BCUT2D eigenvalue weighted by molar-refractivity contribution is 0.109. The molecule has 0 saturated carbocycles. The molecule has 0 aliphatic carbocycles. The predicted octanol–water partition coefficient (Wildman–Crippen LogP) is 1.02. The van der Waals surface area contributed by atoms with Gasteiger partial charge >= 0.3 is 0 Å². The van der Waals surface area contributed by atoms with E-state index in [1.54, 1.807) is 0 Å². The van der Waals surface area contributed by atoms with Crippen LogP contribution in [0.2, 0.25) is 0 Å². The first-order valence-electron chi connectivity index (χ1n) is 2.48. The van der Waals surface area contributed by atoms with E-state index >= 15 is 0 Å². The fraction of sp³-hybridized carbons (Fsp3) is 0.167. The molecule has 3 heteroatoms. The molecule has 0 fully saturated rings. The Kier molecular flexibility index (Phi) is 1.65. The topological polar surface area (TPSA) is 50.1 Å². The Bertz CT molecular complexity index is 202. The number of hydrogen-bond donors (Lipinski definition) is 0. The van der Waals surface area contributed by atoms with E-state index in [1.807, 2.05) is 0 Å². The van der Waals surface area contributed by atoms with Crippen molar-refractivity contribution >= 4 is 6.29 Å². The Labute approximate surface area is 51.9 Å². The van der Waals surface area contributed by atoms with Gasteiger partial charge < -0.3 is 4.42 Å². The summed E-state index contributed by atoms with van der Waals surface area (Å²) in [7, 11) is 0. The van der Waals surface area contributed by atoms with Crippen LogP contribution in [0.5, 0.6) is 0 Å². The minimum atomic E-state index is -0.398. The molecule has 1 aromatic rings. The Balaban J connectivity index is 2.98. The standard InChI is InChI=1S/C6H5O3/c7-3-5-1-2-9-6(5)4-8/h1-2,4H,3H2. The summed E-state index contributed by atoms with van der Waals surface area (Å²) in [6.07, 6.45) is 1.87. The van der Waals surface area contributed by atoms with Gasteiger partial charge in [0.05, 0.1) is 6.26 Å². The predicted molar refractivity (Wildman–Crippen MR) is 28.5 cm³/mol. The van der Waals surface area contributed by atoms with Crippen LogP contribution in [0.4, 0.5) is 0 Å². The molecule has 0 spiro atoms. The molecule has 1 heterocycles. The van der Waals surface area contributed by atoms with Crippen molar-refractivity contribution in [2.75, 3.05) is 0 Å². The molecule has 47 valence electrons. The van der Waals surface area contributed by atoms with Crippen LogP contribution in [0.25, 0.3) is 0 Å². The first kappa shape index (κ1) is 6.04. The summed E-state index contributed by atoms with van der Waals surface area (Å²) in [5, 5.41) is 10.2. The summed E-state index contributed by atoms with van der Waals surface area (Å²) in [5.41, 5.74) is 0.421. The van der Waals surface area contributed by atoms with Crippen molar-refractivity contribution in [2.24, 2.45) is 0 Å². The van der Waals surface area contributed by atoms with Gasteiger partial charge in [0.25, 0.3) is 0 Å². The lowest BCUT2D eigenvalue weighted by Gasteiger charge is -1.83. The van der Waals surface area contributed by atoms with Crippen molar-refractivity contribution in [3.05, 3.63) is 23.7 Å². The number of rotatable bonds is 2. The Hall–Kier alpha value is -1.09. The fourth-order valence-electron chi connectivity index (χ4n) is 0.570. The average molecular weight is 125 g/mol. The van der Waals surface area contributed by atoms with Gasteiger partial charge in [0.2, 0.25) is 0 Å². The second-order valence-electron chi connectivity index (χ2n) is 1.57. The van der Waals surface area contributed by atoms with E-state index in [9.17, 15) is 9.90 Å². The smallest absolute Gasteiger partial charge is 0.185 e. The molecule has 0 aliphatic heterocycles. The Morgan fingerprint density at radius 1 is 1.67 bits per heavy atom. The molecule has 1 aromatic heterocycles. The van der Waals surface area contributed by atoms with Gasteiger partial charge in [0.15, 0.2) is 12.0 Å². The second-order valence-corrected chi connectivity index (χ2v) is 1.57. The van der Waals surface area contributed by atoms with E-state index in [4.69, 9.17) is 0 Å². The van der Waals surface area contributed by atoms with E-state index in [0.717, 1.165) is 0 Å². The van der Waals surface area contributed by atoms with Crippen LogP contribution in [0, 0.1) is 0 Å². The van der Waals surface area contributed by atoms with E-state index in [1.165, 1.54) is 12.3 Å². The Morgan fingerprint density at radius 3 is 2.89 bits per heavy atom. The van der Waals surface area contributed by atoms with Crippen molar-refractivity contribution in [1.29, 1.82) is 0 Å². The lowest BCUT2D eigenvalue weighted by Crippen LogP contribution is -1.82. The minimum absolute atomic E-state index is 0.144. The number of aldehydes is 1. The highest BCUT2D eigenvalue weighted by Crippen LogP contribution is 2.06. The van der Waals surface area contributed by atoms with Crippen LogP contribution in [0.3, 0.4) is 0 Å². The summed E-state index contributed by atoms with van der Waals surface area (Å²) in [6.45, 7) is -0.398. The highest BCUT2D eigenvalue weighted by Gasteiger charge is 2.01. The summed E-state index contributed by atoms with van der Waals surface area (Å²) in [6, 6.07) is 1.50. The summed E-state index contributed by atoms with van der Waals surface area (Å²) in [5.74, 6) is 0.144. The molecule has 0 aromatic carbocycles. The molecule has 0 N–H and O–H groups in total. The van der Waals surface area contributed by atoms with E-state index in [0.29, 0.717) is 11.8 Å². The molecular weight excluding hydrogens is 120 g/mol. The SMILES string of the molecule is [O]Cc1ccoc1C=O. The normalized spacial score (nSPS) is 9.44. The van der Waals surface area contributed by atoms with Gasteiger partial charge in [-0.3, -0.25) is 4.79 Å². The quantitative estimate of drug-likeness (QED) is 0.554. The third-order valence-electron chi connectivity index (χ3n) is 1.04. The van der Waals surface area contributed by atoms with Gasteiger partial charge in [0.1, 0.15) is 6.61 Å². The number of furan rings is 1. The highest BCUT2D eigenvalue weighted by molar-refractivity contribution is 5.72. The van der Waals surface area contributed by atoms with Gasteiger partial charge in [-0.15, -0.1) is 0 Å². The summed E-state index contributed by atoms with van der Waals surface area (Å²) < 4.78 is 4.64. The summed E-state index contributed by atoms with van der Waals surface area (Å²) >= 11 is 0. The molecule has 0 saturated heterocycles. The van der Waals surface area contributed by atoms with Crippen LogP contribution in [-0.2, 0) is 11.7 Å². The minimum Gasteiger partial charge on any atom is -0.461 e. The van der Waals surface area contributed by atoms with Crippen LogP contribution in [-0.4, -0.2) is 6.29 Å². The van der Waals surface area contributed by atoms with Crippen LogP contribution >= 0.6 is 0 Å². The molecule has 0 bridgehead atoms. The number of hydrogen-bond acceptors (Lipinski definition) is 2. The average Bonchev–Trinajstić information content (AvgIpc) is 2.33. The van der Waals surface area contributed by atoms with Gasteiger partial charge in [-0.25, -0.2) is 5.11 Å². The maximum Gasteiger partial charge on any atom is 0.185 e. The van der Waals surface area contributed by atoms with Crippen LogP contribution in [0.1, 0.15) is 16.1 Å². The van der Waals surface area contributed by atoms with Crippen molar-refractivity contribution in [3.8, 4) is 0 Å². The molecule has 0 aliphatic rings. The van der Waals surface area contributed by atoms with E-state index < -0.39 is 6.61 Å². The maximum absolute atomic E-state index is 10.2.